The number of carbonyl (C=O) groups is 2. The van der Waals surface area contributed by atoms with Crippen molar-refractivity contribution in [1.29, 1.82) is 0 Å². The topological polar surface area (TPSA) is 63.6 Å². The second-order valence-corrected chi connectivity index (χ2v) is 8.66. The molecule has 2 heterocycles. The number of hydrogen-bond acceptors (Lipinski definition) is 4. The standard InChI is InChI=1S/C28H22FN3O3S/c1-2-35-23-9-7-22(8-10-23)32-27(34)24(26(33)30-28(32)36)16-18-6-11-25-20(14-18)12-13-31(25)17-19-4-3-5-21(29)15-19/h3-16H,2,17H2,1H3,(H,30,33,36)/b24-16-. The molecule has 0 bridgehead atoms. The molecule has 0 aliphatic carbocycles. The van der Waals surface area contributed by atoms with Gasteiger partial charge in [0, 0.05) is 23.6 Å². The highest BCUT2D eigenvalue weighted by atomic mass is 32.1. The van der Waals surface area contributed by atoms with Crippen molar-refractivity contribution in [2.24, 2.45) is 0 Å². The fourth-order valence-electron chi connectivity index (χ4n) is 4.20. The number of rotatable bonds is 6. The molecule has 0 unspecified atom stereocenters. The largest absolute Gasteiger partial charge is 0.494 e. The van der Waals surface area contributed by atoms with Crippen LogP contribution in [0.15, 0.2) is 84.6 Å². The molecule has 4 aromatic rings. The first-order valence-corrected chi connectivity index (χ1v) is 11.8. The third-order valence-corrected chi connectivity index (χ3v) is 6.14. The van der Waals surface area contributed by atoms with E-state index in [1.165, 1.54) is 17.0 Å². The predicted octanol–water partition coefficient (Wildman–Crippen LogP) is 5.06. The highest BCUT2D eigenvalue weighted by Crippen LogP contribution is 2.26. The summed E-state index contributed by atoms with van der Waals surface area (Å²) in [6.45, 7) is 2.94. The van der Waals surface area contributed by atoms with E-state index >= 15 is 0 Å². The average Bonchev–Trinajstić information content (AvgIpc) is 3.25. The van der Waals surface area contributed by atoms with Gasteiger partial charge in [0.1, 0.15) is 17.1 Å². The maximum absolute atomic E-state index is 13.6. The van der Waals surface area contributed by atoms with Crippen molar-refractivity contribution in [3.05, 3.63) is 102 Å². The lowest BCUT2D eigenvalue weighted by atomic mass is 10.1. The molecule has 0 saturated carbocycles. The smallest absolute Gasteiger partial charge is 0.270 e. The van der Waals surface area contributed by atoms with Crippen molar-refractivity contribution >= 4 is 51.8 Å². The number of hydrogen-bond donors (Lipinski definition) is 1. The van der Waals surface area contributed by atoms with Crippen LogP contribution in [-0.2, 0) is 16.1 Å². The maximum Gasteiger partial charge on any atom is 0.270 e. The Bertz CT molecular complexity index is 1520. The van der Waals surface area contributed by atoms with Crippen LogP contribution in [-0.4, -0.2) is 28.1 Å². The van der Waals surface area contributed by atoms with Gasteiger partial charge in [-0.3, -0.25) is 19.8 Å². The van der Waals surface area contributed by atoms with Crippen LogP contribution >= 0.6 is 12.2 Å². The molecule has 2 amide bonds. The van der Waals surface area contributed by atoms with Crippen LogP contribution in [0.2, 0.25) is 0 Å². The molecule has 3 aromatic carbocycles. The number of thiocarbonyl (C=S) groups is 1. The number of ether oxygens (including phenoxy) is 1. The van der Waals surface area contributed by atoms with Crippen molar-refractivity contribution in [3.8, 4) is 5.75 Å². The molecule has 0 atom stereocenters. The summed E-state index contributed by atoms with van der Waals surface area (Å²) in [5.74, 6) is -0.645. The van der Waals surface area contributed by atoms with Gasteiger partial charge in [-0.15, -0.1) is 0 Å². The third-order valence-electron chi connectivity index (χ3n) is 5.86. The van der Waals surface area contributed by atoms with Gasteiger partial charge in [-0.1, -0.05) is 18.2 Å². The van der Waals surface area contributed by atoms with Crippen LogP contribution in [0, 0.1) is 5.82 Å². The lowest BCUT2D eigenvalue weighted by molar-refractivity contribution is -0.122. The Morgan fingerprint density at radius 1 is 1.03 bits per heavy atom. The first-order valence-electron chi connectivity index (χ1n) is 11.4. The average molecular weight is 500 g/mol. The summed E-state index contributed by atoms with van der Waals surface area (Å²) in [5, 5.41) is 3.56. The zero-order valence-corrected chi connectivity index (χ0v) is 20.2. The van der Waals surface area contributed by atoms with Gasteiger partial charge < -0.3 is 9.30 Å². The SMILES string of the molecule is CCOc1ccc(N2C(=O)/C(=C\c3ccc4c(ccn4Cc4cccc(F)c4)c3)C(=O)NC2=S)cc1. The van der Waals surface area contributed by atoms with Crippen molar-refractivity contribution in [3.63, 3.8) is 0 Å². The number of amides is 2. The third kappa shape index (κ3) is 4.63. The molecule has 180 valence electrons. The van der Waals surface area contributed by atoms with Gasteiger partial charge in [-0.05, 0) is 90.9 Å². The highest BCUT2D eigenvalue weighted by Gasteiger charge is 2.34. The number of fused-ring (bicyclic) bond motifs is 1. The van der Waals surface area contributed by atoms with Crippen LogP contribution in [0.5, 0.6) is 5.75 Å². The molecule has 1 aromatic heterocycles. The monoisotopic (exact) mass is 499 g/mol. The quantitative estimate of drug-likeness (QED) is 0.229. The van der Waals surface area contributed by atoms with E-state index in [9.17, 15) is 14.0 Å². The van der Waals surface area contributed by atoms with Gasteiger partial charge in [0.2, 0.25) is 0 Å². The molecular weight excluding hydrogens is 477 g/mol. The number of nitrogens with zero attached hydrogens (tertiary/aromatic N) is 2. The fourth-order valence-corrected chi connectivity index (χ4v) is 4.48. The van der Waals surface area contributed by atoms with Gasteiger partial charge >= 0.3 is 0 Å². The van der Waals surface area contributed by atoms with E-state index in [0.717, 1.165) is 16.5 Å². The van der Waals surface area contributed by atoms with E-state index < -0.39 is 11.8 Å². The number of nitrogens with one attached hydrogen (secondary N) is 1. The van der Waals surface area contributed by atoms with E-state index in [2.05, 4.69) is 5.32 Å². The summed E-state index contributed by atoms with van der Waals surface area (Å²) in [5.41, 5.74) is 3.02. The van der Waals surface area contributed by atoms with Gasteiger partial charge in [-0.25, -0.2) is 4.39 Å². The van der Waals surface area contributed by atoms with Crippen molar-refractivity contribution in [2.75, 3.05) is 11.5 Å². The second kappa shape index (κ2) is 9.75. The zero-order chi connectivity index (χ0) is 25.2. The van der Waals surface area contributed by atoms with Gasteiger partial charge in [0.05, 0.1) is 12.3 Å². The zero-order valence-electron chi connectivity index (χ0n) is 19.4. The van der Waals surface area contributed by atoms with Crippen LogP contribution in [0.25, 0.3) is 17.0 Å². The van der Waals surface area contributed by atoms with Gasteiger partial charge in [-0.2, -0.15) is 0 Å². The summed E-state index contributed by atoms with van der Waals surface area (Å²) in [6, 6.07) is 21.0. The molecule has 1 aliphatic rings. The van der Waals surface area contributed by atoms with Crippen LogP contribution in [0.3, 0.4) is 0 Å². The lowest BCUT2D eigenvalue weighted by Crippen LogP contribution is -2.54. The van der Waals surface area contributed by atoms with Crippen molar-refractivity contribution in [2.45, 2.75) is 13.5 Å². The molecule has 1 aliphatic heterocycles. The Morgan fingerprint density at radius 3 is 2.58 bits per heavy atom. The highest BCUT2D eigenvalue weighted by molar-refractivity contribution is 7.80. The van der Waals surface area contributed by atoms with Crippen molar-refractivity contribution < 1.29 is 18.7 Å². The molecule has 1 saturated heterocycles. The summed E-state index contributed by atoms with van der Waals surface area (Å²) in [6.07, 6.45) is 3.49. The summed E-state index contributed by atoms with van der Waals surface area (Å²) >= 11 is 5.28. The minimum atomic E-state index is -0.545. The summed E-state index contributed by atoms with van der Waals surface area (Å²) < 4.78 is 21.0. The number of carbonyl (C=O) groups excluding carboxylic acids is 2. The summed E-state index contributed by atoms with van der Waals surface area (Å²) in [7, 11) is 0. The molecule has 0 radical (unpaired) electrons. The number of halogens is 1. The van der Waals surface area contributed by atoms with E-state index in [1.54, 1.807) is 36.4 Å². The molecule has 6 nitrogen and oxygen atoms in total. The number of benzene rings is 3. The molecule has 1 N–H and O–H groups in total. The lowest BCUT2D eigenvalue weighted by Gasteiger charge is -2.29. The molecular formula is C28H22FN3O3S. The Kier molecular flexibility index (Phi) is 6.35. The second-order valence-electron chi connectivity index (χ2n) is 8.28. The molecule has 0 spiro atoms. The first kappa shape index (κ1) is 23.4. The van der Waals surface area contributed by atoms with E-state index in [-0.39, 0.29) is 16.5 Å². The molecule has 36 heavy (non-hydrogen) atoms. The van der Waals surface area contributed by atoms with Crippen molar-refractivity contribution in [1.82, 2.24) is 9.88 Å². The molecule has 1 fully saturated rings. The van der Waals surface area contributed by atoms with Crippen LogP contribution in [0.1, 0.15) is 18.1 Å². The molecule has 5 rings (SSSR count). The normalized spacial score (nSPS) is 15.0. The van der Waals surface area contributed by atoms with E-state index in [4.69, 9.17) is 17.0 Å². The Balaban J connectivity index is 1.43. The van der Waals surface area contributed by atoms with Gasteiger partial charge in [0.15, 0.2) is 5.11 Å². The predicted molar refractivity (Wildman–Crippen MR) is 141 cm³/mol. The Labute approximate surface area is 212 Å². The minimum absolute atomic E-state index is 0.0176. The molecule has 8 heteroatoms. The number of aromatic nitrogens is 1. The fraction of sp³-hybridized carbons (Fsp3) is 0.107. The minimum Gasteiger partial charge on any atom is -0.494 e. The Morgan fingerprint density at radius 2 is 1.83 bits per heavy atom. The first-order chi connectivity index (χ1) is 17.4. The maximum atomic E-state index is 13.6. The number of anilines is 1. The van der Waals surface area contributed by atoms with Gasteiger partial charge in [0.25, 0.3) is 11.8 Å². The van der Waals surface area contributed by atoms with Crippen LogP contribution in [0.4, 0.5) is 10.1 Å². The van der Waals surface area contributed by atoms with E-state index in [1.807, 2.05) is 48.0 Å². The van der Waals surface area contributed by atoms with E-state index in [0.29, 0.717) is 30.2 Å². The Hall–Kier alpha value is -4.30. The summed E-state index contributed by atoms with van der Waals surface area (Å²) in [4.78, 5) is 27.3. The van der Waals surface area contributed by atoms with Crippen LogP contribution < -0.4 is 15.0 Å².